The van der Waals surface area contributed by atoms with E-state index in [2.05, 4.69) is 20.7 Å². The van der Waals surface area contributed by atoms with Gasteiger partial charge in [0.25, 0.3) is 0 Å². The Bertz CT molecular complexity index is 313. The van der Waals surface area contributed by atoms with Crippen LogP contribution in [0, 0.1) is 5.92 Å². The highest BCUT2D eigenvalue weighted by Gasteiger charge is 2.15. The van der Waals surface area contributed by atoms with Crippen LogP contribution in [0.15, 0.2) is 12.4 Å². The van der Waals surface area contributed by atoms with Crippen LogP contribution in [0.25, 0.3) is 0 Å². The number of aromatic nitrogens is 2. The number of rotatable bonds is 4. The normalized spacial score (nSPS) is 20.2. The second-order valence-corrected chi connectivity index (χ2v) is 3.54. The second-order valence-electron chi connectivity index (χ2n) is 3.54. The summed E-state index contributed by atoms with van der Waals surface area (Å²) in [6, 6.07) is 1.77. The lowest BCUT2D eigenvalue weighted by molar-refractivity contribution is 0.187. The number of nitrogens with one attached hydrogen (secondary N) is 2. The number of nitrogens with zero attached hydrogens (tertiary/aromatic N) is 2. The van der Waals surface area contributed by atoms with Crippen molar-refractivity contribution in [3.05, 3.63) is 12.4 Å². The maximum Gasteiger partial charge on any atom is 0.145 e. The predicted octanol–water partition coefficient (Wildman–Crippen LogP) is 0.211. The average molecular weight is 209 g/mol. The molecule has 1 aliphatic heterocycles. The lowest BCUT2D eigenvalue weighted by Crippen LogP contribution is -2.15. The summed E-state index contributed by atoms with van der Waals surface area (Å²) >= 11 is 0. The quantitative estimate of drug-likeness (QED) is 0.485. The predicted molar refractivity (Wildman–Crippen MR) is 57.3 cm³/mol. The Hall–Kier alpha value is -1.40. The summed E-state index contributed by atoms with van der Waals surface area (Å²) in [4.78, 5) is 8.02. The fraction of sp³-hybridized carbons (Fsp3) is 0.556. The molecule has 2 rings (SSSR count). The highest BCUT2D eigenvalue weighted by Crippen LogP contribution is 2.14. The summed E-state index contributed by atoms with van der Waals surface area (Å²) in [6.07, 6.45) is 2.59. The van der Waals surface area contributed by atoms with E-state index in [1.807, 2.05) is 0 Å². The third-order valence-corrected chi connectivity index (χ3v) is 2.41. The average Bonchev–Trinajstić information content (AvgIpc) is 2.79. The molecule has 1 unspecified atom stereocenters. The SMILES string of the molecule is NNc1cc(NCC2CCOC2)ncn1. The topological polar surface area (TPSA) is 85.1 Å². The van der Waals surface area contributed by atoms with Gasteiger partial charge in [-0.3, -0.25) is 0 Å². The van der Waals surface area contributed by atoms with Crippen LogP contribution in [0.1, 0.15) is 6.42 Å². The van der Waals surface area contributed by atoms with Crippen molar-refractivity contribution in [2.45, 2.75) is 6.42 Å². The number of hydrogen-bond donors (Lipinski definition) is 3. The molecule has 0 radical (unpaired) electrons. The van der Waals surface area contributed by atoms with Crippen LogP contribution in [-0.4, -0.2) is 29.7 Å². The molecule has 0 aromatic carbocycles. The number of ether oxygens (including phenoxy) is 1. The lowest BCUT2D eigenvalue weighted by atomic mass is 10.1. The summed E-state index contributed by atoms with van der Waals surface area (Å²) in [5.41, 5.74) is 2.48. The van der Waals surface area contributed by atoms with E-state index < -0.39 is 0 Å². The first-order valence-electron chi connectivity index (χ1n) is 4.99. The summed E-state index contributed by atoms with van der Waals surface area (Å²) in [6.45, 7) is 2.58. The maximum atomic E-state index is 5.29. The van der Waals surface area contributed by atoms with Gasteiger partial charge in [-0.15, -0.1) is 0 Å². The highest BCUT2D eigenvalue weighted by atomic mass is 16.5. The van der Waals surface area contributed by atoms with E-state index in [0.717, 1.165) is 32.0 Å². The zero-order valence-electron chi connectivity index (χ0n) is 8.44. The molecule has 1 aromatic rings. The second kappa shape index (κ2) is 4.90. The van der Waals surface area contributed by atoms with Gasteiger partial charge in [0.1, 0.15) is 18.0 Å². The van der Waals surface area contributed by atoms with Crippen molar-refractivity contribution < 1.29 is 4.74 Å². The molecule has 15 heavy (non-hydrogen) atoms. The van der Waals surface area contributed by atoms with E-state index in [1.165, 1.54) is 6.33 Å². The van der Waals surface area contributed by atoms with E-state index in [4.69, 9.17) is 10.6 Å². The van der Waals surface area contributed by atoms with Crippen LogP contribution in [0.5, 0.6) is 0 Å². The lowest BCUT2D eigenvalue weighted by Gasteiger charge is -2.10. The largest absolute Gasteiger partial charge is 0.381 e. The molecule has 82 valence electrons. The molecule has 2 heterocycles. The van der Waals surface area contributed by atoms with E-state index in [9.17, 15) is 0 Å². The minimum Gasteiger partial charge on any atom is -0.381 e. The maximum absolute atomic E-state index is 5.29. The number of hydrogen-bond acceptors (Lipinski definition) is 6. The van der Waals surface area contributed by atoms with Crippen molar-refractivity contribution in [1.82, 2.24) is 9.97 Å². The minimum absolute atomic E-state index is 0.578. The molecule has 1 aliphatic rings. The van der Waals surface area contributed by atoms with Gasteiger partial charge in [0.15, 0.2) is 0 Å². The van der Waals surface area contributed by atoms with Gasteiger partial charge in [-0.1, -0.05) is 0 Å². The molecule has 1 aromatic heterocycles. The van der Waals surface area contributed by atoms with Crippen LogP contribution in [0.2, 0.25) is 0 Å². The van der Waals surface area contributed by atoms with Crippen molar-refractivity contribution in [2.24, 2.45) is 11.8 Å². The Morgan fingerprint density at radius 1 is 1.47 bits per heavy atom. The third kappa shape index (κ3) is 2.77. The van der Waals surface area contributed by atoms with Gasteiger partial charge in [0, 0.05) is 25.1 Å². The molecule has 0 amide bonds. The first kappa shape index (κ1) is 10.1. The first-order chi connectivity index (χ1) is 7.38. The Labute approximate surface area is 88.2 Å². The van der Waals surface area contributed by atoms with E-state index in [-0.39, 0.29) is 0 Å². The summed E-state index contributed by atoms with van der Waals surface area (Å²) in [5, 5.41) is 3.23. The van der Waals surface area contributed by atoms with E-state index >= 15 is 0 Å². The van der Waals surface area contributed by atoms with Crippen LogP contribution in [-0.2, 0) is 4.74 Å². The molecule has 1 saturated heterocycles. The number of nitrogens with two attached hydrogens (primary N) is 1. The van der Waals surface area contributed by atoms with Crippen molar-refractivity contribution in [3.63, 3.8) is 0 Å². The number of nitrogen functional groups attached to an aromatic ring is 1. The van der Waals surface area contributed by atoms with E-state index in [0.29, 0.717) is 11.7 Å². The van der Waals surface area contributed by atoms with Gasteiger partial charge >= 0.3 is 0 Å². The fourth-order valence-corrected chi connectivity index (χ4v) is 1.53. The van der Waals surface area contributed by atoms with Crippen LogP contribution in [0.4, 0.5) is 11.6 Å². The zero-order valence-corrected chi connectivity index (χ0v) is 8.44. The molecule has 1 atom stereocenters. The number of hydrazine groups is 1. The van der Waals surface area contributed by atoms with Crippen molar-refractivity contribution in [1.29, 1.82) is 0 Å². The Morgan fingerprint density at radius 3 is 3.07 bits per heavy atom. The zero-order chi connectivity index (χ0) is 10.5. The Balaban J connectivity index is 1.86. The van der Waals surface area contributed by atoms with Crippen molar-refractivity contribution in [3.8, 4) is 0 Å². The Morgan fingerprint density at radius 2 is 2.33 bits per heavy atom. The molecule has 0 saturated carbocycles. The molecule has 0 bridgehead atoms. The Kier molecular flexibility index (Phi) is 3.31. The molecule has 0 aliphatic carbocycles. The summed E-state index contributed by atoms with van der Waals surface area (Å²) < 4.78 is 5.29. The highest BCUT2D eigenvalue weighted by molar-refractivity contribution is 5.45. The van der Waals surface area contributed by atoms with Crippen molar-refractivity contribution >= 4 is 11.6 Å². The minimum atomic E-state index is 0.578. The van der Waals surface area contributed by atoms with Crippen LogP contribution in [0.3, 0.4) is 0 Å². The van der Waals surface area contributed by atoms with Gasteiger partial charge in [-0.2, -0.15) is 0 Å². The molecule has 1 fully saturated rings. The number of anilines is 2. The molecular formula is C9H15N5O. The van der Waals surface area contributed by atoms with Crippen LogP contribution >= 0.6 is 0 Å². The van der Waals surface area contributed by atoms with Gasteiger partial charge in [0.2, 0.25) is 0 Å². The molecular weight excluding hydrogens is 194 g/mol. The van der Waals surface area contributed by atoms with E-state index in [1.54, 1.807) is 6.07 Å². The van der Waals surface area contributed by atoms with Crippen LogP contribution < -0.4 is 16.6 Å². The summed E-state index contributed by atoms with van der Waals surface area (Å²) in [5.74, 6) is 7.22. The van der Waals surface area contributed by atoms with Gasteiger partial charge in [0.05, 0.1) is 6.61 Å². The monoisotopic (exact) mass is 209 g/mol. The molecule has 6 heteroatoms. The molecule has 6 nitrogen and oxygen atoms in total. The first-order valence-corrected chi connectivity index (χ1v) is 4.99. The fourth-order valence-electron chi connectivity index (χ4n) is 1.53. The van der Waals surface area contributed by atoms with Crippen molar-refractivity contribution in [2.75, 3.05) is 30.5 Å². The van der Waals surface area contributed by atoms with Gasteiger partial charge in [-0.25, -0.2) is 15.8 Å². The molecule has 4 N–H and O–H groups in total. The standard InChI is InChI=1S/C9H15N5O/c10-14-9-3-8(12-6-13-9)11-4-7-1-2-15-5-7/h3,6-7H,1-2,4-5,10H2,(H2,11,12,13,14). The molecule has 0 spiro atoms. The summed E-state index contributed by atoms with van der Waals surface area (Å²) in [7, 11) is 0. The smallest absolute Gasteiger partial charge is 0.145 e. The van der Waals surface area contributed by atoms with Gasteiger partial charge < -0.3 is 15.5 Å². The third-order valence-electron chi connectivity index (χ3n) is 2.41. The van der Waals surface area contributed by atoms with Gasteiger partial charge in [-0.05, 0) is 6.42 Å².